The molecular formula is C32H32FN5O2. The van der Waals surface area contributed by atoms with Crippen LogP contribution in [0.1, 0.15) is 32.2 Å². The summed E-state index contributed by atoms with van der Waals surface area (Å²) in [5.74, 6) is 0.704. The normalized spacial score (nSPS) is 11.1. The first kappa shape index (κ1) is 26.7. The SMILES string of the molecule is CCOc1cc(OC(C)C)c(F)c(N(Cc2nc(-c3ccc4ccccc4c3)c[nH]2)c2ccc(C(=N)N)cc2)c1. The average molecular weight is 538 g/mol. The summed E-state index contributed by atoms with van der Waals surface area (Å²) in [4.78, 5) is 9.92. The molecule has 0 unspecified atom stereocenters. The molecule has 8 heteroatoms. The van der Waals surface area contributed by atoms with Gasteiger partial charge in [0.2, 0.25) is 0 Å². The number of aromatic amines is 1. The molecule has 0 saturated heterocycles. The molecule has 40 heavy (non-hydrogen) atoms. The number of nitrogens with zero attached hydrogens (tertiary/aromatic N) is 2. The highest BCUT2D eigenvalue weighted by atomic mass is 19.1. The number of anilines is 2. The number of fused-ring (bicyclic) bond motifs is 1. The molecule has 204 valence electrons. The van der Waals surface area contributed by atoms with E-state index < -0.39 is 5.82 Å². The van der Waals surface area contributed by atoms with Crippen LogP contribution < -0.4 is 20.1 Å². The average Bonchev–Trinajstić information content (AvgIpc) is 3.42. The van der Waals surface area contributed by atoms with Gasteiger partial charge in [-0.05, 0) is 61.9 Å². The molecule has 0 radical (unpaired) electrons. The van der Waals surface area contributed by atoms with Gasteiger partial charge in [-0.1, -0.05) is 36.4 Å². The van der Waals surface area contributed by atoms with E-state index in [1.54, 1.807) is 41.3 Å². The van der Waals surface area contributed by atoms with Crippen LogP contribution in [0.4, 0.5) is 15.8 Å². The van der Waals surface area contributed by atoms with Gasteiger partial charge in [0, 0.05) is 35.1 Å². The molecule has 5 rings (SSSR count). The fourth-order valence-electron chi connectivity index (χ4n) is 4.57. The highest BCUT2D eigenvalue weighted by Crippen LogP contribution is 2.38. The molecule has 0 spiro atoms. The summed E-state index contributed by atoms with van der Waals surface area (Å²) < 4.78 is 27.6. The number of halogens is 1. The number of ether oxygens (including phenoxy) is 2. The first-order chi connectivity index (χ1) is 19.3. The third-order valence-corrected chi connectivity index (χ3v) is 6.43. The van der Waals surface area contributed by atoms with E-state index in [2.05, 4.69) is 29.2 Å². The van der Waals surface area contributed by atoms with Crippen molar-refractivity contribution in [3.05, 3.63) is 102 Å². The van der Waals surface area contributed by atoms with Crippen LogP contribution in [0.5, 0.6) is 11.5 Å². The molecule has 0 bridgehead atoms. The lowest BCUT2D eigenvalue weighted by Gasteiger charge is -2.26. The summed E-state index contributed by atoms with van der Waals surface area (Å²) in [6, 6.07) is 24.7. The van der Waals surface area contributed by atoms with E-state index in [9.17, 15) is 0 Å². The summed E-state index contributed by atoms with van der Waals surface area (Å²) >= 11 is 0. The van der Waals surface area contributed by atoms with Crippen LogP contribution >= 0.6 is 0 Å². The van der Waals surface area contributed by atoms with E-state index in [4.69, 9.17) is 25.6 Å². The molecule has 4 aromatic carbocycles. The number of nitrogen functional groups attached to an aromatic ring is 1. The van der Waals surface area contributed by atoms with E-state index in [0.717, 1.165) is 22.0 Å². The Labute approximate surface area is 232 Å². The number of rotatable bonds is 10. The monoisotopic (exact) mass is 537 g/mol. The number of aromatic nitrogens is 2. The number of imidazole rings is 1. The summed E-state index contributed by atoms with van der Waals surface area (Å²) in [6.45, 7) is 6.23. The van der Waals surface area contributed by atoms with Crippen molar-refractivity contribution in [2.45, 2.75) is 33.4 Å². The zero-order chi connectivity index (χ0) is 28.2. The van der Waals surface area contributed by atoms with Crippen LogP contribution in [0, 0.1) is 11.2 Å². The van der Waals surface area contributed by atoms with Gasteiger partial charge < -0.3 is 25.1 Å². The number of amidine groups is 1. The Kier molecular flexibility index (Phi) is 7.68. The van der Waals surface area contributed by atoms with E-state index in [1.165, 1.54) is 0 Å². The molecule has 0 atom stereocenters. The molecule has 0 aliphatic rings. The number of nitrogens with two attached hydrogens (primary N) is 1. The minimum Gasteiger partial charge on any atom is -0.494 e. The van der Waals surface area contributed by atoms with E-state index >= 15 is 4.39 Å². The van der Waals surface area contributed by atoms with Gasteiger partial charge in [0.1, 0.15) is 17.4 Å². The molecule has 0 amide bonds. The van der Waals surface area contributed by atoms with Gasteiger partial charge in [-0.25, -0.2) is 9.37 Å². The first-order valence-corrected chi connectivity index (χ1v) is 13.2. The van der Waals surface area contributed by atoms with Crippen molar-refractivity contribution in [1.82, 2.24) is 9.97 Å². The standard InChI is InChI=1S/C32H32FN5O2/c1-4-39-26-16-28(31(33)29(17-26)40-20(2)3)38(25-13-11-22(12-14-25)32(34)35)19-30-36-18-27(37-30)24-10-9-21-7-5-6-8-23(21)15-24/h5-18,20H,4,19H2,1-3H3,(H3,34,35)(H,36,37). The van der Waals surface area contributed by atoms with Crippen molar-refractivity contribution in [1.29, 1.82) is 5.41 Å². The van der Waals surface area contributed by atoms with Crippen molar-refractivity contribution in [3.63, 3.8) is 0 Å². The molecule has 5 aromatic rings. The maximum Gasteiger partial charge on any atom is 0.188 e. The molecule has 4 N–H and O–H groups in total. The van der Waals surface area contributed by atoms with Crippen molar-refractivity contribution in [2.75, 3.05) is 11.5 Å². The highest BCUT2D eigenvalue weighted by molar-refractivity contribution is 5.95. The molecule has 0 saturated carbocycles. The summed E-state index contributed by atoms with van der Waals surface area (Å²) in [6.07, 6.45) is 1.63. The van der Waals surface area contributed by atoms with Crippen LogP contribution in [0.15, 0.2) is 85.1 Å². The van der Waals surface area contributed by atoms with Gasteiger partial charge in [-0.3, -0.25) is 5.41 Å². The largest absolute Gasteiger partial charge is 0.494 e. The van der Waals surface area contributed by atoms with E-state index in [0.29, 0.717) is 29.4 Å². The van der Waals surface area contributed by atoms with Crippen LogP contribution in [-0.4, -0.2) is 28.5 Å². The lowest BCUT2D eigenvalue weighted by Crippen LogP contribution is -2.20. The number of benzene rings is 4. The Morgan fingerprint density at radius 2 is 1.77 bits per heavy atom. The zero-order valence-electron chi connectivity index (χ0n) is 22.7. The molecule has 0 aliphatic heterocycles. The van der Waals surface area contributed by atoms with Crippen molar-refractivity contribution in [3.8, 4) is 22.8 Å². The van der Waals surface area contributed by atoms with E-state index in [1.807, 2.05) is 45.2 Å². The fraction of sp³-hybridized carbons (Fsp3) is 0.188. The second-order valence-corrected chi connectivity index (χ2v) is 9.70. The Bertz CT molecular complexity index is 1650. The fourth-order valence-corrected chi connectivity index (χ4v) is 4.57. The summed E-state index contributed by atoms with van der Waals surface area (Å²) in [7, 11) is 0. The van der Waals surface area contributed by atoms with Crippen molar-refractivity contribution in [2.24, 2.45) is 5.73 Å². The topological polar surface area (TPSA) is 100 Å². The quantitative estimate of drug-likeness (QED) is 0.129. The Hall–Kier alpha value is -4.85. The maximum absolute atomic E-state index is 16.0. The first-order valence-electron chi connectivity index (χ1n) is 13.2. The lowest BCUT2D eigenvalue weighted by molar-refractivity contribution is 0.229. The van der Waals surface area contributed by atoms with Crippen LogP contribution in [-0.2, 0) is 6.54 Å². The van der Waals surface area contributed by atoms with Gasteiger partial charge in [-0.15, -0.1) is 0 Å². The van der Waals surface area contributed by atoms with Crippen molar-refractivity contribution < 1.29 is 13.9 Å². The third kappa shape index (κ3) is 5.76. The molecule has 1 aromatic heterocycles. The molecule has 0 aliphatic carbocycles. The minimum atomic E-state index is -0.505. The third-order valence-electron chi connectivity index (χ3n) is 6.43. The van der Waals surface area contributed by atoms with Crippen LogP contribution in [0.2, 0.25) is 0 Å². The second kappa shape index (κ2) is 11.5. The highest BCUT2D eigenvalue weighted by Gasteiger charge is 2.22. The molecular weight excluding hydrogens is 505 g/mol. The zero-order valence-corrected chi connectivity index (χ0v) is 22.7. The predicted molar refractivity (Wildman–Crippen MR) is 158 cm³/mol. The predicted octanol–water partition coefficient (Wildman–Crippen LogP) is 7.18. The smallest absolute Gasteiger partial charge is 0.188 e. The van der Waals surface area contributed by atoms with Crippen LogP contribution in [0.25, 0.3) is 22.0 Å². The second-order valence-electron chi connectivity index (χ2n) is 9.70. The van der Waals surface area contributed by atoms with Crippen molar-refractivity contribution >= 4 is 28.0 Å². The summed E-state index contributed by atoms with van der Waals surface area (Å²) in [5, 5.41) is 10.0. The Morgan fingerprint density at radius 3 is 2.48 bits per heavy atom. The summed E-state index contributed by atoms with van der Waals surface area (Å²) in [5.41, 5.74) is 8.99. The number of nitrogens with one attached hydrogen (secondary N) is 2. The van der Waals surface area contributed by atoms with Crippen LogP contribution in [0.3, 0.4) is 0 Å². The minimum absolute atomic E-state index is 0.0405. The Morgan fingerprint density at radius 1 is 1.02 bits per heavy atom. The molecule has 1 heterocycles. The molecule has 7 nitrogen and oxygen atoms in total. The van der Waals surface area contributed by atoms with Gasteiger partial charge in [0.25, 0.3) is 0 Å². The van der Waals surface area contributed by atoms with Gasteiger partial charge in [0.15, 0.2) is 11.6 Å². The number of hydrogen-bond donors (Lipinski definition) is 3. The van der Waals surface area contributed by atoms with E-state index in [-0.39, 0.29) is 29.9 Å². The number of H-pyrrole nitrogens is 1. The lowest BCUT2D eigenvalue weighted by atomic mass is 10.1. The van der Waals surface area contributed by atoms with Gasteiger partial charge >= 0.3 is 0 Å². The maximum atomic E-state index is 16.0. The number of hydrogen-bond acceptors (Lipinski definition) is 5. The Balaban J connectivity index is 1.56. The van der Waals surface area contributed by atoms with Gasteiger partial charge in [0.05, 0.1) is 30.6 Å². The van der Waals surface area contributed by atoms with Gasteiger partial charge in [-0.2, -0.15) is 0 Å². The molecule has 0 fully saturated rings.